The lowest BCUT2D eigenvalue weighted by atomic mass is 9.91. The first-order chi connectivity index (χ1) is 20.7. The number of carbonyl (C=O) groups excluding carboxylic acids is 2. The Kier molecular flexibility index (Phi) is 11.2. The van der Waals surface area contributed by atoms with Gasteiger partial charge in [0.1, 0.15) is 0 Å². The summed E-state index contributed by atoms with van der Waals surface area (Å²) in [5.74, 6) is -0.788. The highest BCUT2D eigenvalue weighted by molar-refractivity contribution is 7.89. The molecule has 1 fully saturated rings. The minimum Gasteiger partial charge on any atom is -0.390 e. The van der Waals surface area contributed by atoms with Crippen molar-refractivity contribution in [3.05, 3.63) is 59.6 Å². The van der Waals surface area contributed by atoms with Crippen LogP contribution in [0.2, 0.25) is 0 Å². The van der Waals surface area contributed by atoms with Gasteiger partial charge in [-0.25, -0.2) is 18.4 Å². The molecule has 12 heteroatoms. The lowest BCUT2D eigenvalue weighted by Gasteiger charge is -2.38. The molecular weight excluding hydrogens is 599 g/mol. The quantitative estimate of drug-likeness (QED) is 0.227. The van der Waals surface area contributed by atoms with Gasteiger partial charge in [0.15, 0.2) is 0 Å². The Morgan fingerprint density at radius 2 is 1.80 bits per heavy atom. The van der Waals surface area contributed by atoms with Crippen molar-refractivity contribution in [3.8, 4) is 0 Å². The number of benzene rings is 2. The number of carbonyl (C=O) groups is 2. The molecule has 1 heterocycles. The van der Waals surface area contributed by atoms with Crippen LogP contribution in [0.15, 0.2) is 58.9 Å². The largest absolute Gasteiger partial charge is 0.390 e. The first-order valence-electron chi connectivity index (χ1n) is 15.1. The molecule has 3 aromatic rings. The molecular formula is C32H45N5O5S2. The average molecular weight is 644 g/mol. The first-order valence-corrected chi connectivity index (χ1v) is 17.5. The average Bonchev–Trinajstić information content (AvgIpc) is 3.66. The van der Waals surface area contributed by atoms with Gasteiger partial charge >= 0.3 is 0 Å². The second kappa shape index (κ2) is 14.5. The third kappa shape index (κ3) is 9.55. The van der Waals surface area contributed by atoms with Crippen LogP contribution < -0.4 is 10.7 Å². The van der Waals surface area contributed by atoms with Gasteiger partial charge in [-0.15, -0.1) is 11.3 Å². The van der Waals surface area contributed by atoms with Crippen LogP contribution in [-0.2, 0) is 26.0 Å². The van der Waals surface area contributed by atoms with E-state index in [9.17, 15) is 23.1 Å². The molecule has 1 saturated carbocycles. The Bertz CT molecular complexity index is 1520. The molecule has 2 amide bonds. The topological polar surface area (TPSA) is 132 Å². The van der Waals surface area contributed by atoms with Gasteiger partial charge in [0, 0.05) is 25.6 Å². The molecule has 0 spiro atoms. The smallest absolute Gasteiger partial charge is 0.252 e. The zero-order valence-electron chi connectivity index (χ0n) is 26.2. The zero-order chi connectivity index (χ0) is 32.1. The van der Waals surface area contributed by atoms with Crippen LogP contribution in [0, 0.1) is 11.3 Å². The number of aromatic nitrogens is 1. The van der Waals surface area contributed by atoms with Gasteiger partial charge in [0.25, 0.3) is 5.91 Å². The highest BCUT2D eigenvalue weighted by Gasteiger charge is 2.37. The number of sulfonamides is 1. The molecule has 0 bridgehead atoms. The predicted octanol–water partition coefficient (Wildman–Crippen LogP) is 3.96. The Morgan fingerprint density at radius 1 is 1.09 bits per heavy atom. The van der Waals surface area contributed by atoms with E-state index < -0.39 is 33.5 Å². The summed E-state index contributed by atoms with van der Waals surface area (Å²) < 4.78 is 30.1. The summed E-state index contributed by atoms with van der Waals surface area (Å²) in [6, 6.07) is 13.5. The van der Waals surface area contributed by atoms with Gasteiger partial charge in [-0.05, 0) is 54.4 Å². The standard InChI is InChI=1S/C32H45N5O5S2/c1-22(2)19-36(44(41,42)25-13-14-26-29(16-25)43-21-34-26)20-28(38)27(15-23-9-7-6-8-10-23)37(31(40)17-32(3,4)5)35-30(39)18-33-24-11-12-24/h6-10,13-14,16,21-22,24,27-28,33,38H,11-12,15,17-20H2,1-5H3,(H,35,39)/t27?,28-/m1/s1. The van der Waals surface area contributed by atoms with Gasteiger partial charge in [-0.3, -0.25) is 15.0 Å². The maximum atomic E-state index is 14.0. The van der Waals surface area contributed by atoms with Crippen molar-refractivity contribution in [2.75, 3.05) is 19.6 Å². The molecule has 1 unspecified atom stereocenters. The minimum atomic E-state index is -4.02. The van der Waals surface area contributed by atoms with Gasteiger partial charge in [-0.2, -0.15) is 4.31 Å². The van der Waals surface area contributed by atoms with Gasteiger partial charge in [0.2, 0.25) is 15.9 Å². The van der Waals surface area contributed by atoms with Gasteiger partial charge < -0.3 is 10.4 Å². The molecule has 10 nitrogen and oxygen atoms in total. The maximum Gasteiger partial charge on any atom is 0.252 e. The predicted molar refractivity (Wildman–Crippen MR) is 173 cm³/mol. The molecule has 0 radical (unpaired) electrons. The molecule has 1 aliphatic carbocycles. The highest BCUT2D eigenvalue weighted by atomic mass is 32.2. The molecule has 2 aromatic carbocycles. The summed E-state index contributed by atoms with van der Waals surface area (Å²) in [5.41, 5.74) is 5.60. The van der Waals surface area contributed by atoms with Crippen LogP contribution >= 0.6 is 11.3 Å². The molecule has 1 aromatic heterocycles. The van der Waals surface area contributed by atoms with E-state index in [1.54, 1.807) is 17.6 Å². The Hall–Kier alpha value is -2.90. The van der Waals surface area contributed by atoms with E-state index in [2.05, 4.69) is 15.7 Å². The molecule has 0 saturated heterocycles. The van der Waals surface area contributed by atoms with E-state index in [4.69, 9.17) is 0 Å². The molecule has 1 aliphatic rings. The number of nitrogens with zero attached hydrogens (tertiary/aromatic N) is 3. The van der Waals surface area contributed by atoms with Crippen LogP contribution in [0.5, 0.6) is 0 Å². The number of rotatable bonds is 14. The fourth-order valence-corrected chi connectivity index (χ4v) is 7.41. The minimum absolute atomic E-state index is 0.0338. The fourth-order valence-electron chi connectivity index (χ4n) is 4.98. The lowest BCUT2D eigenvalue weighted by molar-refractivity contribution is -0.149. The van der Waals surface area contributed by atoms with Crippen molar-refractivity contribution in [3.63, 3.8) is 0 Å². The number of hydrogen-bond donors (Lipinski definition) is 3. The molecule has 240 valence electrons. The molecule has 2 atom stereocenters. The van der Waals surface area contributed by atoms with Crippen LogP contribution in [0.25, 0.3) is 10.2 Å². The highest BCUT2D eigenvalue weighted by Crippen LogP contribution is 2.27. The zero-order valence-corrected chi connectivity index (χ0v) is 27.8. The van der Waals surface area contributed by atoms with Crippen LogP contribution in [0.1, 0.15) is 59.4 Å². The summed E-state index contributed by atoms with van der Waals surface area (Å²) in [6.07, 6.45) is 1.01. The number of fused-ring (bicyclic) bond motifs is 1. The molecule has 0 aliphatic heterocycles. The summed E-state index contributed by atoms with van der Waals surface area (Å²) in [7, 11) is -4.02. The normalized spacial score (nSPS) is 15.5. The second-order valence-corrected chi connectivity index (χ2v) is 16.0. The second-order valence-electron chi connectivity index (χ2n) is 13.2. The summed E-state index contributed by atoms with van der Waals surface area (Å²) >= 11 is 1.36. The number of aliphatic hydroxyl groups excluding tert-OH is 1. The van der Waals surface area contributed by atoms with E-state index in [0.29, 0.717) is 11.6 Å². The third-order valence-corrected chi connectivity index (χ3v) is 9.91. The first kappa shape index (κ1) is 34.0. The SMILES string of the molecule is CC(C)CN(C[C@@H](O)C(Cc1ccccc1)N(NC(=O)CNC1CC1)C(=O)CC(C)(C)C)S(=O)(=O)c1ccc2ncsc2c1. The number of aliphatic hydroxyl groups is 1. The lowest BCUT2D eigenvalue weighted by Crippen LogP contribution is -2.60. The van der Waals surface area contributed by atoms with Crippen molar-refractivity contribution in [1.82, 2.24) is 25.0 Å². The monoisotopic (exact) mass is 643 g/mol. The van der Waals surface area contributed by atoms with E-state index in [1.165, 1.54) is 26.7 Å². The number of hydrogen-bond acceptors (Lipinski definition) is 8. The van der Waals surface area contributed by atoms with Crippen molar-refractivity contribution >= 4 is 43.4 Å². The van der Waals surface area contributed by atoms with Crippen molar-refractivity contribution in [2.24, 2.45) is 11.3 Å². The summed E-state index contributed by atoms with van der Waals surface area (Å²) in [4.78, 5) is 31.2. The van der Waals surface area contributed by atoms with Gasteiger partial charge in [-0.1, -0.05) is 65.0 Å². The molecule has 4 rings (SSSR count). The number of thiazole rings is 1. The number of amides is 2. The molecule has 44 heavy (non-hydrogen) atoms. The number of hydrazine groups is 1. The Morgan fingerprint density at radius 3 is 2.43 bits per heavy atom. The Balaban J connectivity index is 1.68. The maximum absolute atomic E-state index is 14.0. The van der Waals surface area contributed by atoms with Crippen LogP contribution in [0.4, 0.5) is 0 Å². The van der Waals surface area contributed by atoms with E-state index in [1.807, 2.05) is 65.0 Å². The van der Waals surface area contributed by atoms with Crippen LogP contribution in [-0.4, -0.2) is 77.5 Å². The number of nitrogens with one attached hydrogen (secondary N) is 2. The summed E-state index contributed by atoms with van der Waals surface area (Å²) in [6.45, 7) is 9.53. The van der Waals surface area contributed by atoms with E-state index in [0.717, 1.165) is 23.1 Å². The van der Waals surface area contributed by atoms with Gasteiger partial charge in [0.05, 0.1) is 39.3 Å². The van der Waals surface area contributed by atoms with Crippen molar-refractivity contribution in [1.29, 1.82) is 0 Å². The van der Waals surface area contributed by atoms with E-state index in [-0.39, 0.29) is 49.2 Å². The third-order valence-electron chi connectivity index (χ3n) is 7.29. The van der Waals surface area contributed by atoms with E-state index >= 15 is 0 Å². The van der Waals surface area contributed by atoms with Crippen LogP contribution in [0.3, 0.4) is 0 Å². The van der Waals surface area contributed by atoms with Crippen molar-refractivity contribution < 1.29 is 23.1 Å². The fraction of sp³-hybridized carbons (Fsp3) is 0.531. The van der Waals surface area contributed by atoms with Crippen molar-refractivity contribution in [2.45, 2.75) is 83.4 Å². The molecule has 3 N–H and O–H groups in total. The Labute approximate surface area is 264 Å². The summed E-state index contributed by atoms with van der Waals surface area (Å²) in [5, 5.41) is 16.3.